The second kappa shape index (κ2) is 5.11. The normalized spacial score (nSPS) is 32.7. The molecule has 0 aromatic carbocycles. The first-order chi connectivity index (χ1) is 8.49. The Balaban J connectivity index is 2.05. The van der Waals surface area contributed by atoms with E-state index in [-0.39, 0.29) is 19.5 Å². The van der Waals surface area contributed by atoms with E-state index in [2.05, 4.69) is 0 Å². The predicted octanol–water partition coefficient (Wildman–Crippen LogP) is -0.917. The number of likely N-dealkylation sites (tertiary alicyclic amines) is 2. The number of β-amino-alcohol motifs (C(OH)–C–C–N with tert-alkyl or cyclic N) is 2. The molecule has 0 radical (unpaired) electrons. The molecule has 1 unspecified atom stereocenters. The fourth-order valence-electron chi connectivity index (χ4n) is 2.57. The van der Waals surface area contributed by atoms with Crippen LogP contribution in [0.4, 0.5) is 4.79 Å². The lowest BCUT2D eigenvalue weighted by molar-refractivity contribution is -0.141. The molecule has 2 rings (SSSR count). The number of hydrogen-bond acceptors (Lipinski definition) is 4. The van der Waals surface area contributed by atoms with Gasteiger partial charge < -0.3 is 25.1 Å². The summed E-state index contributed by atoms with van der Waals surface area (Å²) in [4.78, 5) is 25.9. The average molecular weight is 258 g/mol. The van der Waals surface area contributed by atoms with E-state index >= 15 is 0 Å². The van der Waals surface area contributed by atoms with Gasteiger partial charge in [0.1, 0.15) is 6.04 Å². The van der Waals surface area contributed by atoms with Crippen LogP contribution in [0, 0.1) is 0 Å². The molecule has 0 saturated carbocycles. The zero-order valence-electron chi connectivity index (χ0n) is 10.0. The molecular formula is C11H18N2O5. The van der Waals surface area contributed by atoms with E-state index in [1.54, 1.807) is 0 Å². The number of carbonyl (C=O) groups is 2. The van der Waals surface area contributed by atoms with Gasteiger partial charge in [-0.1, -0.05) is 0 Å². The number of aliphatic carboxylic acids is 1. The predicted molar refractivity (Wildman–Crippen MR) is 61.0 cm³/mol. The first kappa shape index (κ1) is 13.1. The first-order valence-corrected chi connectivity index (χ1v) is 6.13. The highest BCUT2D eigenvalue weighted by atomic mass is 16.4. The van der Waals surface area contributed by atoms with Gasteiger partial charge in [-0.3, -0.25) is 0 Å². The Kier molecular flexibility index (Phi) is 3.72. The summed E-state index contributed by atoms with van der Waals surface area (Å²) in [7, 11) is 0. The number of carboxylic acids is 1. The number of piperidine rings is 1. The Labute approximate surface area is 105 Å². The molecule has 2 amide bonds. The molecule has 0 aliphatic carbocycles. The van der Waals surface area contributed by atoms with Crippen molar-refractivity contribution in [3.8, 4) is 0 Å². The Morgan fingerprint density at radius 2 is 1.83 bits per heavy atom. The molecule has 3 atom stereocenters. The molecule has 0 aromatic heterocycles. The summed E-state index contributed by atoms with van der Waals surface area (Å²) in [6.45, 7) is 0.801. The van der Waals surface area contributed by atoms with Gasteiger partial charge in [0.25, 0.3) is 0 Å². The van der Waals surface area contributed by atoms with Crippen LogP contribution in [-0.4, -0.2) is 75.0 Å². The highest BCUT2D eigenvalue weighted by Gasteiger charge is 2.41. The van der Waals surface area contributed by atoms with Crippen molar-refractivity contribution in [3.63, 3.8) is 0 Å². The molecular weight excluding hydrogens is 240 g/mol. The largest absolute Gasteiger partial charge is 0.480 e. The monoisotopic (exact) mass is 258 g/mol. The van der Waals surface area contributed by atoms with Crippen molar-refractivity contribution in [2.75, 3.05) is 19.6 Å². The molecule has 0 aromatic rings. The number of carbonyl (C=O) groups excluding carboxylic acids is 1. The van der Waals surface area contributed by atoms with Crippen molar-refractivity contribution in [1.82, 2.24) is 9.80 Å². The topological polar surface area (TPSA) is 101 Å². The van der Waals surface area contributed by atoms with Crippen LogP contribution < -0.4 is 0 Å². The Morgan fingerprint density at radius 1 is 1.11 bits per heavy atom. The molecule has 2 fully saturated rings. The molecule has 2 aliphatic heterocycles. The lowest BCUT2D eigenvalue weighted by Gasteiger charge is -2.34. The van der Waals surface area contributed by atoms with Crippen LogP contribution in [0.1, 0.15) is 19.3 Å². The SMILES string of the molecule is O=C(O)[C@@H]1C[C@H](O)CN1C(=O)N1CCCC(O)C1. The number of aliphatic hydroxyl groups excluding tert-OH is 2. The Bertz CT molecular complexity index is 348. The fourth-order valence-corrected chi connectivity index (χ4v) is 2.57. The first-order valence-electron chi connectivity index (χ1n) is 6.13. The Hall–Kier alpha value is -1.34. The van der Waals surface area contributed by atoms with Gasteiger partial charge in [0.15, 0.2) is 0 Å². The summed E-state index contributed by atoms with van der Waals surface area (Å²) in [5.74, 6) is -1.10. The van der Waals surface area contributed by atoms with E-state index < -0.39 is 30.3 Å². The number of rotatable bonds is 1. The van der Waals surface area contributed by atoms with Gasteiger partial charge in [-0.2, -0.15) is 0 Å². The molecule has 7 nitrogen and oxygen atoms in total. The molecule has 0 bridgehead atoms. The number of urea groups is 1. The van der Waals surface area contributed by atoms with Crippen molar-refractivity contribution in [2.45, 2.75) is 37.5 Å². The third-order valence-corrected chi connectivity index (χ3v) is 3.48. The second-order valence-corrected chi connectivity index (χ2v) is 4.92. The van der Waals surface area contributed by atoms with Crippen molar-refractivity contribution < 1.29 is 24.9 Å². The summed E-state index contributed by atoms with van der Waals surface area (Å²) in [6, 6.07) is -1.37. The molecule has 2 heterocycles. The minimum atomic E-state index is -1.10. The Morgan fingerprint density at radius 3 is 2.44 bits per heavy atom. The van der Waals surface area contributed by atoms with Crippen molar-refractivity contribution in [3.05, 3.63) is 0 Å². The lowest BCUT2D eigenvalue weighted by Crippen LogP contribution is -2.52. The quantitative estimate of drug-likeness (QED) is 0.565. The van der Waals surface area contributed by atoms with E-state index in [9.17, 15) is 19.8 Å². The molecule has 7 heteroatoms. The number of amides is 2. The van der Waals surface area contributed by atoms with Crippen LogP contribution in [-0.2, 0) is 4.79 Å². The zero-order valence-corrected chi connectivity index (χ0v) is 10.0. The van der Waals surface area contributed by atoms with Crippen LogP contribution in [0.15, 0.2) is 0 Å². The lowest BCUT2D eigenvalue weighted by atomic mass is 10.1. The van der Waals surface area contributed by atoms with Crippen molar-refractivity contribution in [1.29, 1.82) is 0 Å². The van der Waals surface area contributed by atoms with Crippen LogP contribution in [0.25, 0.3) is 0 Å². The maximum Gasteiger partial charge on any atom is 0.326 e. The standard InChI is InChI=1S/C11H18N2O5/c14-7-2-1-3-12(5-7)11(18)13-6-8(15)4-9(13)10(16)17/h7-9,14-15H,1-6H2,(H,16,17)/t7?,8-,9-/m0/s1. The minimum absolute atomic E-state index is 0.0440. The van der Waals surface area contributed by atoms with Gasteiger partial charge in [0, 0.05) is 26.1 Å². The summed E-state index contributed by atoms with van der Waals surface area (Å²) < 4.78 is 0. The van der Waals surface area contributed by atoms with Crippen LogP contribution in [0.5, 0.6) is 0 Å². The van der Waals surface area contributed by atoms with Gasteiger partial charge in [0.05, 0.1) is 12.2 Å². The van der Waals surface area contributed by atoms with Gasteiger partial charge in [-0.25, -0.2) is 9.59 Å². The maximum absolute atomic E-state index is 12.2. The molecule has 2 aliphatic rings. The summed E-state index contributed by atoms with van der Waals surface area (Å²) in [5, 5.41) is 28.0. The number of hydrogen-bond donors (Lipinski definition) is 3. The smallest absolute Gasteiger partial charge is 0.326 e. The third-order valence-electron chi connectivity index (χ3n) is 3.48. The van der Waals surface area contributed by atoms with Crippen molar-refractivity contribution >= 4 is 12.0 Å². The molecule has 0 spiro atoms. The van der Waals surface area contributed by atoms with E-state index in [1.165, 1.54) is 9.80 Å². The average Bonchev–Trinajstić information content (AvgIpc) is 2.70. The van der Waals surface area contributed by atoms with E-state index in [1.807, 2.05) is 0 Å². The highest BCUT2D eigenvalue weighted by Crippen LogP contribution is 2.21. The van der Waals surface area contributed by atoms with E-state index in [0.717, 1.165) is 0 Å². The highest BCUT2D eigenvalue weighted by molar-refractivity contribution is 5.83. The van der Waals surface area contributed by atoms with E-state index in [0.29, 0.717) is 19.4 Å². The number of nitrogens with zero attached hydrogens (tertiary/aromatic N) is 2. The van der Waals surface area contributed by atoms with E-state index in [4.69, 9.17) is 5.11 Å². The van der Waals surface area contributed by atoms with Gasteiger partial charge in [0.2, 0.25) is 0 Å². The molecule has 18 heavy (non-hydrogen) atoms. The number of carboxylic acid groups (broad SMARTS) is 1. The third kappa shape index (κ3) is 2.56. The molecule has 2 saturated heterocycles. The summed E-state index contributed by atoms with van der Waals surface area (Å²) >= 11 is 0. The maximum atomic E-state index is 12.2. The summed E-state index contributed by atoms with van der Waals surface area (Å²) in [6.07, 6.45) is 0.107. The van der Waals surface area contributed by atoms with Crippen molar-refractivity contribution in [2.24, 2.45) is 0 Å². The van der Waals surface area contributed by atoms with Crippen LogP contribution >= 0.6 is 0 Å². The molecule has 3 N–H and O–H groups in total. The van der Waals surface area contributed by atoms with Gasteiger partial charge in [-0.15, -0.1) is 0 Å². The van der Waals surface area contributed by atoms with Crippen LogP contribution in [0.2, 0.25) is 0 Å². The second-order valence-electron chi connectivity index (χ2n) is 4.92. The van der Waals surface area contributed by atoms with Crippen LogP contribution in [0.3, 0.4) is 0 Å². The van der Waals surface area contributed by atoms with Gasteiger partial charge >= 0.3 is 12.0 Å². The number of aliphatic hydroxyl groups is 2. The zero-order chi connectivity index (χ0) is 13.3. The van der Waals surface area contributed by atoms with Gasteiger partial charge in [-0.05, 0) is 12.8 Å². The minimum Gasteiger partial charge on any atom is -0.480 e. The summed E-state index contributed by atoms with van der Waals surface area (Å²) in [5.41, 5.74) is 0. The molecule has 102 valence electrons. The fraction of sp³-hybridized carbons (Fsp3) is 0.818.